The van der Waals surface area contributed by atoms with E-state index in [0.29, 0.717) is 24.8 Å². The summed E-state index contributed by atoms with van der Waals surface area (Å²) in [7, 11) is 1.69. The Bertz CT molecular complexity index is 1600. The summed E-state index contributed by atoms with van der Waals surface area (Å²) >= 11 is 1.92. The number of carbonyl (C=O) groups excluding carboxylic acids is 2. The number of rotatable bonds is 13. The molecule has 3 amide bonds. The fourth-order valence-corrected chi connectivity index (χ4v) is 8.44. The topological polar surface area (TPSA) is 111 Å². The molecular formula is C34H41N4O6S+. The molecule has 2 saturated heterocycles. The number of benzene rings is 2. The fraction of sp³-hybridized carbons (Fsp3) is 0.500. The van der Waals surface area contributed by atoms with Gasteiger partial charge >= 0.3 is 6.03 Å². The van der Waals surface area contributed by atoms with Gasteiger partial charge in [0.2, 0.25) is 18.4 Å². The van der Waals surface area contributed by atoms with Crippen molar-refractivity contribution in [3.05, 3.63) is 42.1 Å². The van der Waals surface area contributed by atoms with Crippen molar-refractivity contribution in [2.45, 2.75) is 75.2 Å². The van der Waals surface area contributed by atoms with Crippen LogP contribution in [-0.2, 0) is 17.8 Å². The van der Waals surface area contributed by atoms with Crippen LogP contribution in [0.3, 0.4) is 0 Å². The van der Waals surface area contributed by atoms with Crippen molar-refractivity contribution >= 4 is 34.5 Å². The number of pyridine rings is 1. The maximum absolute atomic E-state index is 12.3. The molecule has 2 aromatic carbocycles. The van der Waals surface area contributed by atoms with Crippen LogP contribution in [0.4, 0.5) is 4.79 Å². The number of hydrogen-bond acceptors (Lipinski definition) is 7. The minimum Gasteiger partial charge on any atom is -0.492 e. The monoisotopic (exact) mass is 633 g/mol. The summed E-state index contributed by atoms with van der Waals surface area (Å²) < 4.78 is 25.5. The van der Waals surface area contributed by atoms with Gasteiger partial charge in [0.25, 0.3) is 0 Å². The Balaban J connectivity index is 0.839. The van der Waals surface area contributed by atoms with Crippen LogP contribution in [0.2, 0.25) is 0 Å². The van der Waals surface area contributed by atoms with Crippen molar-refractivity contribution in [3.63, 3.8) is 0 Å². The molecule has 1 aromatic heterocycles. The van der Waals surface area contributed by atoms with Gasteiger partial charge in [-0.25, -0.2) is 4.79 Å². The zero-order valence-corrected chi connectivity index (χ0v) is 26.5. The first kappa shape index (κ1) is 29.8. The highest BCUT2D eigenvalue weighted by atomic mass is 32.2. The van der Waals surface area contributed by atoms with E-state index >= 15 is 0 Å². The highest BCUT2D eigenvalue weighted by Crippen LogP contribution is 2.41. The Morgan fingerprint density at radius 3 is 2.87 bits per heavy atom. The van der Waals surface area contributed by atoms with Crippen LogP contribution in [0, 0.1) is 0 Å². The Hall–Kier alpha value is -3.86. The summed E-state index contributed by atoms with van der Waals surface area (Å²) in [4.78, 5) is 23.8. The van der Waals surface area contributed by atoms with Gasteiger partial charge in [-0.2, -0.15) is 16.3 Å². The van der Waals surface area contributed by atoms with Crippen molar-refractivity contribution in [3.8, 4) is 34.3 Å². The number of amides is 3. The van der Waals surface area contributed by atoms with Gasteiger partial charge in [0.1, 0.15) is 0 Å². The third-order valence-electron chi connectivity index (χ3n) is 9.26. The molecule has 0 unspecified atom stereocenters. The number of aryl methyl sites for hydroxylation is 2. The molecular weight excluding hydrogens is 592 g/mol. The van der Waals surface area contributed by atoms with Crippen molar-refractivity contribution in [2.24, 2.45) is 0 Å². The lowest BCUT2D eigenvalue weighted by Crippen LogP contribution is -2.40. The van der Waals surface area contributed by atoms with Crippen molar-refractivity contribution in [1.82, 2.24) is 16.0 Å². The third-order valence-corrected chi connectivity index (χ3v) is 10.8. The van der Waals surface area contributed by atoms with Crippen LogP contribution in [0.25, 0.3) is 22.0 Å². The number of nitrogens with zero attached hydrogens (tertiary/aromatic N) is 1. The average molecular weight is 634 g/mol. The summed E-state index contributed by atoms with van der Waals surface area (Å²) in [5, 5.41) is 11.6. The molecule has 3 aromatic rings. The van der Waals surface area contributed by atoms with Crippen LogP contribution in [0.15, 0.2) is 36.5 Å². The number of thioether (sulfide) groups is 1. The van der Waals surface area contributed by atoms with E-state index < -0.39 is 0 Å². The Labute approximate surface area is 267 Å². The molecule has 0 aliphatic carbocycles. The number of carbonyl (C=O) groups is 2. The molecule has 0 bridgehead atoms. The minimum absolute atomic E-state index is 0.0468. The van der Waals surface area contributed by atoms with E-state index in [1.54, 1.807) is 7.11 Å². The lowest BCUT2D eigenvalue weighted by Gasteiger charge is -2.17. The smallest absolute Gasteiger partial charge is 0.315 e. The average Bonchev–Trinajstić information content (AvgIpc) is 3.76. The minimum atomic E-state index is -0.0468. The Kier molecular flexibility index (Phi) is 8.78. The standard InChI is InChI=1S/C34H40N4O6S/c1-41-33-24-18-38-13-11-22-16-28-29(44-20-43-28)17-23(22)26(38)15-21(24)9-10-27(33)42-14-6-2-5-12-35-31(39)8-4-3-7-30-32-25(19-45-30)36-34(40)37-32/h9-10,15-18,25,30,32H,2-8,11-14,19-20H2,1H3,(H2-,35,36,37,39,40)/p+1/t25-,30-,32-/m0/s1. The van der Waals surface area contributed by atoms with Gasteiger partial charge in [-0.05, 0) is 67.3 Å². The van der Waals surface area contributed by atoms with Gasteiger partial charge in [0.05, 0.1) is 36.8 Å². The lowest BCUT2D eigenvalue weighted by atomic mass is 9.95. The number of hydrogen-bond donors (Lipinski definition) is 3. The fourth-order valence-electron chi connectivity index (χ4n) is 6.90. The second-order valence-electron chi connectivity index (χ2n) is 12.2. The zero-order valence-electron chi connectivity index (χ0n) is 25.7. The molecule has 0 spiro atoms. The van der Waals surface area contributed by atoms with E-state index in [2.05, 4.69) is 51.0 Å². The third kappa shape index (κ3) is 6.32. The largest absolute Gasteiger partial charge is 0.492 e. The van der Waals surface area contributed by atoms with Gasteiger partial charge in [-0.15, -0.1) is 0 Å². The van der Waals surface area contributed by atoms with Crippen molar-refractivity contribution in [1.29, 1.82) is 0 Å². The van der Waals surface area contributed by atoms with E-state index in [9.17, 15) is 9.59 Å². The second kappa shape index (κ2) is 13.2. The van der Waals surface area contributed by atoms with Gasteiger partial charge in [-0.3, -0.25) is 4.79 Å². The van der Waals surface area contributed by atoms with E-state index in [0.717, 1.165) is 96.7 Å². The molecule has 4 aliphatic heterocycles. The van der Waals surface area contributed by atoms with Crippen LogP contribution < -0.4 is 39.5 Å². The summed E-state index contributed by atoms with van der Waals surface area (Å²) in [6, 6.07) is 11.0. The van der Waals surface area contributed by atoms with Crippen LogP contribution in [0.5, 0.6) is 23.0 Å². The van der Waals surface area contributed by atoms with Gasteiger partial charge < -0.3 is 34.9 Å². The Morgan fingerprint density at radius 2 is 1.98 bits per heavy atom. The predicted octanol–water partition coefficient (Wildman–Crippen LogP) is 4.48. The predicted molar refractivity (Wildman–Crippen MR) is 172 cm³/mol. The van der Waals surface area contributed by atoms with Crippen LogP contribution >= 0.6 is 11.8 Å². The number of urea groups is 1. The molecule has 0 radical (unpaired) electrons. The molecule has 5 heterocycles. The first-order chi connectivity index (χ1) is 22.1. The molecule has 3 atom stereocenters. The first-order valence-corrected chi connectivity index (χ1v) is 17.2. The summed E-state index contributed by atoms with van der Waals surface area (Å²) in [6.45, 7) is 2.43. The molecule has 3 N–H and O–H groups in total. The zero-order chi connectivity index (χ0) is 30.8. The number of aromatic nitrogens is 1. The first-order valence-electron chi connectivity index (χ1n) is 16.1. The normalized spacial score (nSPS) is 20.6. The quantitative estimate of drug-likeness (QED) is 0.145. The number of nitrogens with one attached hydrogen (secondary N) is 3. The molecule has 11 heteroatoms. The van der Waals surface area contributed by atoms with Crippen LogP contribution in [-0.4, -0.2) is 62.1 Å². The number of ether oxygens (including phenoxy) is 4. The molecule has 2 fully saturated rings. The van der Waals surface area contributed by atoms with E-state index in [-0.39, 0.29) is 30.8 Å². The van der Waals surface area contributed by atoms with Gasteiger partial charge in [-0.1, -0.05) is 6.42 Å². The maximum atomic E-state index is 12.3. The molecule has 238 valence electrons. The molecule has 45 heavy (non-hydrogen) atoms. The van der Waals surface area contributed by atoms with Gasteiger partial charge in [0, 0.05) is 36.5 Å². The number of fused-ring (bicyclic) bond motifs is 6. The highest BCUT2D eigenvalue weighted by molar-refractivity contribution is 8.00. The molecule has 7 rings (SSSR count). The maximum Gasteiger partial charge on any atom is 0.315 e. The van der Waals surface area contributed by atoms with Crippen molar-refractivity contribution in [2.75, 3.05) is 32.8 Å². The van der Waals surface area contributed by atoms with E-state index in [4.69, 9.17) is 18.9 Å². The summed E-state index contributed by atoms with van der Waals surface area (Å²) in [6.07, 6.45) is 9.35. The van der Waals surface area contributed by atoms with Crippen LogP contribution in [0.1, 0.15) is 50.5 Å². The van der Waals surface area contributed by atoms with Crippen molar-refractivity contribution < 1.29 is 33.1 Å². The number of methoxy groups -OCH3 is 1. The number of unbranched alkanes of at least 4 members (excludes halogenated alkanes) is 3. The summed E-state index contributed by atoms with van der Waals surface area (Å²) in [5.74, 6) is 4.22. The second-order valence-corrected chi connectivity index (χ2v) is 13.5. The molecule has 10 nitrogen and oxygen atoms in total. The molecule has 4 aliphatic rings. The Morgan fingerprint density at radius 1 is 1.09 bits per heavy atom. The SMILES string of the molecule is COc1c(OCCCCCNC(=O)CCCC[C@@H]2SC[C@@H]3NC(=O)N[C@@H]32)ccc2cc3[n+](cc12)CCc1cc2c(cc1-3)OCO2. The summed E-state index contributed by atoms with van der Waals surface area (Å²) in [5.41, 5.74) is 3.61. The highest BCUT2D eigenvalue weighted by Gasteiger charge is 2.42. The van der Waals surface area contributed by atoms with E-state index in [1.807, 2.05) is 17.8 Å². The molecule has 0 saturated carbocycles. The lowest BCUT2D eigenvalue weighted by molar-refractivity contribution is -0.686. The van der Waals surface area contributed by atoms with Gasteiger partial charge in [0.15, 0.2) is 35.7 Å². The van der Waals surface area contributed by atoms with E-state index in [1.165, 1.54) is 11.1 Å².